The monoisotopic (exact) mass is 426 g/mol. The van der Waals surface area contributed by atoms with Crippen molar-refractivity contribution < 1.29 is 0 Å². The number of aromatic nitrogens is 1. The summed E-state index contributed by atoms with van der Waals surface area (Å²) in [4.78, 5) is 12.3. The van der Waals surface area contributed by atoms with Crippen molar-refractivity contribution in [2.45, 2.75) is 32.6 Å². The van der Waals surface area contributed by atoms with Gasteiger partial charge in [-0.25, -0.2) is 9.98 Å². The Labute approximate surface area is 195 Å². The van der Waals surface area contributed by atoms with Gasteiger partial charge in [-0.15, -0.1) is 0 Å². The highest BCUT2D eigenvalue weighted by molar-refractivity contribution is 6.18. The van der Waals surface area contributed by atoms with E-state index in [9.17, 15) is 0 Å². The number of hydrogen-bond donors (Lipinski definition) is 0. The molecular formula is C27H35BN4. The molecule has 0 atom stereocenters. The number of benzene rings is 2. The first kappa shape index (κ1) is 25.3. The molecule has 0 saturated carbocycles. The van der Waals surface area contributed by atoms with Gasteiger partial charge in [0.05, 0.1) is 5.69 Å². The average molecular weight is 426 g/mol. The maximum absolute atomic E-state index is 6.01. The minimum atomic E-state index is 0.535. The Morgan fingerprint density at radius 1 is 0.906 bits per heavy atom. The van der Waals surface area contributed by atoms with E-state index in [0.29, 0.717) is 11.7 Å². The summed E-state index contributed by atoms with van der Waals surface area (Å²) >= 11 is 0. The van der Waals surface area contributed by atoms with Crippen molar-refractivity contribution in [2.24, 2.45) is 4.99 Å². The molecular weight excluding hydrogens is 391 g/mol. The fraction of sp³-hybridized carbons (Fsp3) is 0.333. The van der Waals surface area contributed by atoms with Crippen molar-refractivity contribution in [3.63, 3.8) is 0 Å². The third-order valence-corrected chi connectivity index (χ3v) is 5.14. The van der Waals surface area contributed by atoms with Crippen LogP contribution in [-0.2, 0) is 0 Å². The van der Waals surface area contributed by atoms with Crippen LogP contribution in [0.3, 0.4) is 0 Å². The lowest BCUT2D eigenvalue weighted by Gasteiger charge is -2.21. The smallest absolute Gasteiger partial charge is 0.226 e. The maximum Gasteiger partial charge on any atom is 0.226 e. The summed E-state index contributed by atoms with van der Waals surface area (Å²) in [5.41, 5.74) is 3.68. The zero-order valence-electron chi connectivity index (χ0n) is 19.9. The maximum atomic E-state index is 6.01. The second-order valence-electron chi connectivity index (χ2n) is 7.87. The normalized spacial score (nSPS) is 10.9. The molecule has 2 aromatic carbocycles. The third kappa shape index (κ3) is 8.31. The van der Waals surface area contributed by atoms with E-state index < -0.39 is 0 Å². The Morgan fingerprint density at radius 2 is 1.50 bits per heavy atom. The number of rotatable bonds is 9. The molecule has 3 aromatic rings. The summed E-state index contributed by atoms with van der Waals surface area (Å²) in [7, 11) is 10.1. The molecule has 0 amide bonds. The van der Waals surface area contributed by atoms with Crippen LogP contribution < -0.4 is 4.81 Å². The molecule has 166 valence electrons. The molecule has 0 aliphatic rings. The van der Waals surface area contributed by atoms with Crippen molar-refractivity contribution in [1.82, 2.24) is 9.88 Å². The summed E-state index contributed by atoms with van der Waals surface area (Å²) in [5, 5.41) is 0. The quantitative estimate of drug-likeness (QED) is 0.317. The largest absolute Gasteiger partial charge is 0.422 e. The van der Waals surface area contributed by atoms with Crippen LogP contribution in [0.25, 0.3) is 0 Å². The molecule has 32 heavy (non-hydrogen) atoms. The van der Waals surface area contributed by atoms with Crippen LogP contribution in [0.4, 0.5) is 11.5 Å². The standard InChI is InChI=1S/C15H16.C12H19BN4/c1-2-15(13-9-5-3-6-10-13)14-11-7-4-8-12-14;1-4-14-12-11(7-5-8-15-12)17(13)10-6-9-16(2)3/h3-12,15H,2H2,1H3;4-5,7-8H,6,9-10H2,1-3H3. The fourth-order valence-electron chi connectivity index (χ4n) is 3.55. The third-order valence-electron chi connectivity index (χ3n) is 5.14. The van der Waals surface area contributed by atoms with Crippen molar-refractivity contribution in [3.05, 3.63) is 90.1 Å². The van der Waals surface area contributed by atoms with Gasteiger partial charge < -0.3 is 9.71 Å². The Hall–Kier alpha value is -2.92. The molecule has 0 aliphatic heterocycles. The highest BCUT2D eigenvalue weighted by atomic mass is 15.1. The van der Waals surface area contributed by atoms with Crippen LogP contribution in [0, 0.1) is 0 Å². The molecule has 5 heteroatoms. The molecule has 0 saturated heterocycles. The average Bonchev–Trinajstić information content (AvgIpc) is 2.82. The van der Waals surface area contributed by atoms with Gasteiger partial charge in [-0.3, -0.25) is 0 Å². The molecule has 0 fully saturated rings. The van der Waals surface area contributed by atoms with E-state index in [1.165, 1.54) is 11.1 Å². The summed E-state index contributed by atoms with van der Waals surface area (Å²) < 4.78 is 0. The summed E-state index contributed by atoms with van der Waals surface area (Å²) in [5.74, 6) is 1.20. The van der Waals surface area contributed by atoms with Crippen LogP contribution in [0.1, 0.15) is 43.7 Å². The van der Waals surface area contributed by atoms with Crippen LogP contribution in [0.2, 0.25) is 0 Å². The summed E-state index contributed by atoms with van der Waals surface area (Å²) in [6.07, 6.45) is 5.60. The van der Waals surface area contributed by atoms with Gasteiger partial charge in [0.2, 0.25) is 7.98 Å². The molecule has 0 N–H and O–H groups in total. The minimum absolute atomic E-state index is 0.535. The molecule has 0 unspecified atom stereocenters. The van der Waals surface area contributed by atoms with Gasteiger partial charge in [0.25, 0.3) is 0 Å². The Morgan fingerprint density at radius 3 is 2.00 bits per heavy atom. The minimum Gasteiger partial charge on any atom is -0.422 e. The Kier molecular flexibility index (Phi) is 11.3. The number of nitrogens with zero attached hydrogens (tertiary/aromatic N) is 4. The van der Waals surface area contributed by atoms with Crippen molar-refractivity contribution in [2.75, 3.05) is 32.0 Å². The molecule has 1 heterocycles. The summed E-state index contributed by atoms with van der Waals surface area (Å²) in [6.45, 7) is 5.91. The van der Waals surface area contributed by atoms with Crippen molar-refractivity contribution in [1.29, 1.82) is 0 Å². The lowest BCUT2D eigenvalue weighted by molar-refractivity contribution is 0.403. The van der Waals surface area contributed by atoms with Crippen molar-refractivity contribution in [3.8, 4) is 0 Å². The van der Waals surface area contributed by atoms with Gasteiger partial charge in [0.1, 0.15) is 0 Å². The van der Waals surface area contributed by atoms with Gasteiger partial charge in [-0.2, -0.15) is 0 Å². The van der Waals surface area contributed by atoms with Gasteiger partial charge >= 0.3 is 0 Å². The van der Waals surface area contributed by atoms with E-state index in [2.05, 4.69) is 96.6 Å². The van der Waals surface area contributed by atoms with E-state index in [1.54, 1.807) is 17.2 Å². The first-order valence-electron chi connectivity index (χ1n) is 11.3. The molecule has 1 aromatic heterocycles. The van der Waals surface area contributed by atoms with Gasteiger partial charge in [-0.1, -0.05) is 67.6 Å². The number of pyridine rings is 1. The van der Waals surface area contributed by atoms with E-state index in [-0.39, 0.29) is 0 Å². The predicted octanol–water partition coefficient (Wildman–Crippen LogP) is 5.87. The van der Waals surface area contributed by atoms with E-state index in [4.69, 9.17) is 7.98 Å². The number of hydrogen-bond acceptors (Lipinski definition) is 4. The SMILES string of the molecule is CCC(c1ccccc1)c1ccccc1.[B]N(CCCN(C)C)c1cccnc1N=CC. The molecule has 2 radical (unpaired) electrons. The second-order valence-corrected chi connectivity index (χ2v) is 7.87. The van der Waals surface area contributed by atoms with E-state index >= 15 is 0 Å². The Bertz CT molecular complexity index is 874. The first-order valence-corrected chi connectivity index (χ1v) is 11.3. The molecule has 3 rings (SSSR count). The van der Waals surface area contributed by atoms with E-state index in [1.807, 2.05) is 19.1 Å². The van der Waals surface area contributed by atoms with Crippen molar-refractivity contribution >= 4 is 25.7 Å². The highest BCUT2D eigenvalue weighted by Crippen LogP contribution is 2.27. The highest BCUT2D eigenvalue weighted by Gasteiger charge is 2.10. The lowest BCUT2D eigenvalue weighted by Crippen LogP contribution is -2.24. The van der Waals surface area contributed by atoms with Crippen LogP contribution in [0.5, 0.6) is 0 Å². The van der Waals surface area contributed by atoms with Gasteiger partial charge in [0.15, 0.2) is 5.82 Å². The fourth-order valence-corrected chi connectivity index (χ4v) is 3.55. The number of aliphatic imine (C=N–C) groups is 1. The molecule has 0 spiro atoms. The predicted molar refractivity (Wildman–Crippen MR) is 139 cm³/mol. The zero-order chi connectivity index (χ0) is 23.2. The van der Waals surface area contributed by atoms with Crippen LogP contribution >= 0.6 is 0 Å². The topological polar surface area (TPSA) is 31.7 Å². The Balaban J connectivity index is 0.000000228. The molecule has 4 nitrogen and oxygen atoms in total. The van der Waals surface area contributed by atoms with Crippen LogP contribution in [0.15, 0.2) is 84.0 Å². The number of anilines is 1. The first-order chi connectivity index (χ1) is 15.6. The van der Waals surface area contributed by atoms with Gasteiger partial charge in [0, 0.05) is 24.9 Å². The van der Waals surface area contributed by atoms with Crippen LogP contribution in [-0.4, -0.2) is 51.3 Å². The summed E-state index contributed by atoms with van der Waals surface area (Å²) in [6, 6.07) is 25.2. The lowest BCUT2D eigenvalue weighted by atomic mass is 9.89. The van der Waals surface area contributed by atoms with Gasteiger partial charge in [-0.05, 0) is 63.7 Å². The molecule has 0 bridgehead atoms. The molecule has 0 aliphatic carbocycles. The second kappa shape index (κ2) is 14.2. The zero-order valence-corrected chi connectivity index (χ0v) is 19.9. The van der Waals surface area contributed by atoms with E-state index in [0.717, 1.165) is 31.6 Å².